The van der Waals surface area contributed by atoms with Gasteiger partial charge < -0.3 is 9.64 Å². The molecule has 9 rings (SSSR count). The number of fused-ring (bicyclic) bond motifs is 6. The van der Waals surface area contributed by atoms with Gasteiger partial charge in [-0.15, -0.1) is 0 Å². The first kappa shape index (κ1) is 23.5. The zero-order valence-electron chi connectivity index (χ0n) is 23.9. The van der Waals surface area contributed by atoms with E-state index in [0.717, 1.165) is 11.5 Å². The number of benzene rings is 5. The van der Waals surface area contributed by atoms with Crippen molar-refractivity contribution in [1.82, 2.24) is 0 Å². The number of anilines is 3. The molecule has 41 heavy (non-hydrogen) atoms. The lowest BCUT2D eigenvalue weighted by Crippen LogP contribution is -2.60. The van der Waals surface area contributed by atoms with Crippen LogP contribution in [0.15, 0.2) is 91.0 Å². The molecule has 2 aliphatic heterocycles. The zero-order chi connectivity index (χ0) is 27.5. The SMILES string of the molecule is CC(C)(C)c1ccc2c(c1)B1c3cc4c(cc3N(c3ccc5c(c3)CC5)c3cc(-c5ccccc5)cc(c31)O2)CC4. The highest BCUT2D eigenvalue weighted by Gasteiger charge is 2.43. The molecule has 0 saturated carbocycles. The number of aryl methyl sites for hydroxylation is 4. The molecular weight excluding hydrogens is 497 g/mol. The van der Waals surface area contributed by atoms with Crippen LogP contribution in [0.5, 0.6) is 11.5 Å². The van der Waals surface area contributed by atoms with Crippen LogP contribution in [-0.2, 0) is 31.1 Å². The van der Waals surface area contributed by atoms with E-state index >= 15 is 0 Å². The van der Waals surface area contributed by atoms with Crippen LogP contribution in [0.25, 0.3) is 11.1 Å². The molecule has 3 heteroatoms. The summed E-state index contributed by atoms with van der Waals surface area (Å²) in [7, 11) is 0. The smallest absolute Gasteiger partial charge is 0.256 e. The van der Waals surface area contributed by atoms with Gasteiger partial charge in [0.05, 0.1) is 0 Å². The van der Waals surface area contributed by atoms with Crippen molar-refractivity contribution in [2.45, 2.75) is 51.9 Å². The molecule has 0 bridgehead atoms. The lowest BCUT2D eigenvalue weighted by molar-refractivity contribution is 0.486. The van der Waals surface area contributed by atoms with Gasteiger partial charge >= 0.3 is 0 Å². The first-order chi connectivity index (χ1) is 19.9. The molecule has 0 fully saturated rings. The van der Waals surface area contributed by atoms with Gasteiger partial charge in [0.1, 0.15) is 11.5 Å². The summed E-state index contributed by atoms with van der Waals surface area (Å²) in [5, 5.41) is 0. The fraction of sp³-hybridized carbons (Fsp3) is 0.211. The molecule has 5 aromatic rings. The minimum Gasteiger partial charge on any atom is -0.458 e. The van der Waals surface area contributed by atoms with Gasteiger partial charge in [0.15, 0.2) is 0 Å². The van der Waals surface area contributed by atoms with Crippen molar-refractivity contribution in [3.63, 3.8) is 0 Å². The molecule has 0 saturated heterocycles. The summed E-state index contributed by atoms with van der Waals surface area (Å²) in [4.78, 5) is 2.54. The third-order valence-corrected chi connectivity index (χ3v) is 9.84. The number of hydrogen-bond acceptors (Lipinski definition) is 2. The third kappa shape index (κ3) is 3.38. The molecule has 198 valence electrons. The second kappa shape index (κ2) is 8.16. The van der Waals surface area contributed by atoms with Gasteiger partial charge in [-0.2, -0.15) is 0 Å². The average Bonchev–Trinajstić information content (AvgIpc) is 2.94. The standard InChI is InChI=1S/C38H32BNO/c1-38(2,3)29-14-16-35-32(22-29)39-31-18-26-11-12-27(26)19-33(31)40(30-15-13-24-9-10-25(24)17-30)34-20-28(21-36(41-35)37(34)39)23-7-5-4-6-8-23/h4-8,13-22H,9-12H2,1-3H3. The fourth-order valence-corrected chi connectivity index (χ4v) is 7.31. The van der Waals surface area contributed by atoms with Crippen LogP contribution in [0, 0.1) is 0 Å². The highest BCUT2D eigenvalue weighted by atomic mass is 16.5. The minimum absolute atomic E-state index is 0.0607. The molecule has 4 aliphatic rings. The highest BCUT2D eigenvalue weighted by Crippen LogP contribution is 2.45. The predicted molar refractivity (Wildman–Crippen MR) is 171 cm³/mol. The maximum absolute atomic E-state index is 6.85. The first-order valence-electron chi connectivity index (χ1n) is 15.1. The number of rotatable bonds is 2. The third-order valence-electron chi connectivity index (χ3n) is 9.84. The van der Waals surface area contributed by atoms with Gasteiger partial charge in [0.2, 0.25) is 0 Å². The molecular formula is C38H32BNO. The maximum Gasteiger partial charge on any atom is 0.256 e. The normalized spacial score (nSPS) is 15.4. The summed E-state index contributed by atoms with van der Waals surface area (Å²) < 4.78 is 6.85. The van der Waals surface area contributed by atoms with Gasteiger partial charge in [0, 0.05) is 17.1 Å². The molecule has 0 amide bonds. The van der Waals surface area contributed by atoms with Gasteiger partial charge in [-0.3, -0.25) is 0 Å². The Hall–Kier alpha value is -4.24. The van der Waals surface area contributed by atoms with Crippen molar-refractivity contribution in [3.05, 3.63) is 119 Å². The van der Waals surface area contributed by atoms with Gasteiger partial charge in [0.25, 0.3) is 6.71 Å². The van der Waals surface area contributed by atoms with Crippen LogP contribution >= 0.6 is 0 Å². The Morgan fingerprint density at radius 3 is 2.10 bits per heavy atom. The van der Waals surface area contributed by atoms with Crippen LogP contribution in [-0.4, -0.2) is 6.71 Å². The van der Waals surface area contributed by atoms with Crippen molar-refractivity contribution in [2.24, 2.45) is 0 Å². The lowest BCUT2D eigenvalue weighted by atomic mass is 9.33. The van der Waals surface area contributed by atoms with E-state index in [-0.39, 0.29) is 12.1 Å². The Bertz CT molecular complexity index is 1920. The Balaban J connectivity index is 1.36. The zero-order valence-corrected chi connectivity index (χ0v) is 23.9. The number of hydrogen-bond donors (Lipinski definition) is 0. The summed E-state index contributed by atoms with van der Waals surface area (Å²) in [5.74, 6) is 1.96. The molecule has 5 aromatic carbocycles. The molecule has 2 aliphatic carbocycles. The Labute approximate surface area is 242 Å². The van der Waals surface area contributed by atoms with Crippen LogP contribution in [0.1, 0.15) is 48.6 Å². The summed E-state index contributed by atoms with van der Waals surface area (Å²) >= 11 is 0. The van der Waals surface area contributed by atoms with E-state index in [1.54, 1.807) is 0 Å². The van der Waals surface area contributed by atoms with Crippen LogP contribution in [0.4, 0.5) is 17.1 Å². The van der Waals surface area contributed by atoms with E-state index < -0.39 is 0 Å². The average molecular weight is 529 g/mol. The van der Waals surface area contributed by atoms with Gasteiger partial charge in [-0.05, 0) is 123 Å². The molecule has 0 unspecified atom stereocenters. The Morgan fingerprint density at radius 2 is 1.37 bits per heavy atom. The summed E-state index contributed by atoms with van der Waals surface area (Å²) in [5.41, 5.74) is 17.6. The van der Waals surface area contributed by atoms with Crippen LogP contribution in [0.2, 0.25) is 0 Å². The Kier molecular flexibility index (Phi) is 4.67. The summed E-state index contributed by atoms with van der Waals surface area (Å²) in [6.45, 7) is 7.04. The molecule has 0 spiro atoms. The molecule has 0 N–H and O–H groups in total. The van der Waals surface area contributed by atoms with E-state index in [2.05, 4.69) is 117 Å². The van der Waals surface area contributed by atoms with E-state index in [1.165, 1.54) is 98.1 Å². The molecule has 2 nitrogen and oxygen atoms in total. The molecule has 0 radical (unpaired) electrons. The number of nitrogens with zero attached hydrogens (tertiary/aromatic N) is 1. The monoisotopic (exact) mass is 529 g/mol. The fourth-order valence-electron chi connectivity index (χ4n) is 7.31. The van der Waals surface area contributed by atoms with Crippen molar-refractivity contribution in [3.8, 4) is 22.6 Å². The quantitative estimate of drug-likeness (QED) is 0.219. The summed E-state index contributed by atoms with van der Waals surface area (Å²) in [6.07, 6.45) is 4.71. The van der Waals surface area contributed by atoms with Gasteiger partial charge in [-0.1, -0.05) is 75.4 Å². The largest absolute Gasteiger partial charge is 0.458 e. The highest BCUT2D eigenvalue weighted by molar-refractivity contribution is 6.99. The predicted octanol–water partition coefficient (Wildman–Crippen LogP) is 7.25. The second-order valence-electron chi connectivity index (χ2n) is 13.3. The van der Waals surface area contributed by atoms with E-state index in [4.69, 9.17) is 4.74 Å². The van der Waals surface area contributed by atoms with E-state index in [0.29, 0.717) is 0 Å². The van der Waals surface area contributed by atoms with Crippen molar-refractivity contribution in [1.29, 1.82) is 0 Å². The minimum atomic E-state index is 0.0607. The van der Waals surface area contributed by atoms with E-state index in [1.807, 2.05) is 0 Å². The second-order valence-corrected chi connectivity index (χ2v) is 13.3. The maximum atomic E-state index is 6.85. The van der Waals surface area contributed by atoms with Gasteiger partial charge in [-0.25, -0.2) is 0 Å². The van der Waals surface area contributed by atoms with Crippen LogP contribution < -0.4 is 26.0 Å². The molecule has 2 heterocycles. The van der Waals surface area contributed by atoms with Crippen molar-refractivity contribution in [2.75, 3.05) is 4.90 Å². The number of ether oxygens (including phenoxy) is 1. The van der Waals surface area contributed by atoms with Crippen LogP contribution in [0.3, 0.4) is 0 Å². The van der Waals surface area contributed by atoms with Crippen molar-refractivity contribution >= 4 is 40.2 Å². The first-order valence-corrected chi connectivity index (χ1v) is 15.1. The van der Waals surface area contributed by atoms with Crippen molar-refractivity contribution < 1.29 is 4.74 Å². The van der Waals surface area contributed by atoms with E-state index in [9.17, 15) is 0 Å². The Morgan fingerprint density at radius 1 is 0.610 bits per heavy atom. The molecule has 0 atom stereocenters. The molecule has 0 aromatic heterocycles. The lowest BCUT2D eigenvalue weighted by Gasteiger charge is -2.42. The summed E-state index contributed by atoms with van der Waals surface area (Å²) in [6, 6.07) is 34.4. The topological polar surface area (TPSA) is 12.5 Å².